The third kappa shape index (κ3) is 4.03. The van der Waals surface area contributed by atoms with Crippen molar-refractivity contribution in [2.75, 3.05) is 0 Å². The first kappa shape index (κ1) is 18.2. The zero-order chi connectivity index (χ0) is 17.9. The number of aliphatic carboxylic acids is 1. The van der Waals surface area contributed by atoms with Gasteiger partial charge in [0.2, 0.25) is 5.91 Å². The SMILES string of the molecule is CCc1cc(C(=O)NNC(=O)[C@H]2CC(C)=C(C)C[C@@H]2C(=O)[O-])cs1. The molecule has 0 bridgehead atoms. The van der Waals surface area contributed by atoms with Gasteiger partial charge in [0.25, 0.3) is 5.91 Å². The molecular weight excluding hydrogens is 328 g/mol. The first-order valence-electron chi connectivity index (χ1n) is 7.87. The van der Waals surface area contributed by atoms with Crippen LogP contribution in [-0.2, 0) is 16.0 Å². The summed E-state index contributed by atoms with van der Waals surface area (Å²) < 4.78 is 0. The predicted molar refractivity (Wildman–Crippen MR) is 88.9 cm³/mol. The molecule has 1 aliphatic carbocycles. The Kier molecular flexibility index (Phi) is 5.77. The highest BCUT2D eigenvalue weighted by atomic mass is 32.1. The predicted octanol–water partition coefficient (Wildman–Crippen LogP) is 1.18. The van der Waals surface area contributed by atoms with Crippen LogP contribution in [0.1, 0.15) is 48.8 Å². The molecule has 2 amide bonds. The molecule has 6 nitrogen and oxygen atoms in total. The molecule has 1 aromatic heterocycles. The second-order valence-corrected chi connectivity index (χ2v) is 7.10. The lowest BCUT2D eigenvalue weighted by Crippen LogP contribution is -2.49. The van der Waals surface area contributed by atoms with Gasteiger partial charge in [0.05, 0.1) is 11.5 Å². The van der Waals surface area contributed by atoms with Gasteiger partial charge in [0.15, 0.2) is 0 Å². The topological polar surface area (TPSA) is 98.3 Å². The second-order valence-electron chi connectivity index (χ2n) is 6.10. The number of carboxylic acids is 1. The minimum atomic E-state index is -1.24. The van der Waals surface area contributed by atoms with Gasteiger partial charge in [-0.2, -0.15) is 0 Å². The molecule has 24 heavy (non-hydrogen) atoms. The highest BCUT2D eigenvalue weighted by molar-refractivity contribution is 7.10. The molecule has 0 saturated heterocycles. The van der Waals surface area contributed by atoms with Crippen molar-refractivity contribution in [3.8, 4) is 0 Å². The lowest BCUT2D eigenvalue weighted by Gasteiger charge is -2.32. The molecular formula is C17H21N2O4S-. The molecule has 0 radical (unpaired) electrons. The summed E-state index contributed by atoms with van der Waals surface area (Å²) in [4.78, 5) is 36.8. The van der Waals surface area contributed by atoms with E-state index in [1.165, 1.54) is 11.3 Å². The van der Waals surface area contributed by atoms with Crippen LogP contribution in [0.4, 0.5) is 0 Å². The fraction of sp³-hybridized carbons (Fsp3) is 0.471. The molecule has 7 heteroatoms. The van der Waals surface area contributed by atoms with Gasteiger partial charge >= 0.3 is 0 Å². The van der Waals surface area contributed by atoms with E-state index in [9.17, 15) is 19.5 Å². The van der Waals surface area contributed by atoms with Crippen LogP contribution >= 0.6 is 11.3 Å². The highest BCUT2D eigenvalue weighted by Crippen LogP contribution is 2.33. The molecule has 1 heterocycles. The van der Waals surface area contributed by atoms with Crippen molar-refractivity contribution in [2.45, 2.75) is 40.0 Å². The number of amides is 2. The van der Waals surface area contributed by atoms with E-state index in [0.29, 0.717) is 18.4 Å². The maximum atomic E-state index is 12.3. The first-order valence-corrected chi connectivity index (χ1v) is 8.75. The van der Waals surface area contributed by atoms with Crippen LogP contribution in [0.5, 0.6) is 0 Å². The Balaban J connectivity index is 2.00. The van der Waals surface area contributed by atoms with E-state index in [0.717, 1.165) is 22.4 Å². The minimum absolute atomic E-state index is 0.296. The van der Waals surface area contributed by atoms with Crippen molar-refractivity contribution < 1.29 is 19.5 Å². The number of allylic oxidation sites excluding steroid dienone is 2. The molecule has 2 atom stereocenters. The van der Waals surface area contributed by atoms with Gasteiger partial charge in [0, 0.05) is 22.1 Å². The molecule has 0 spiro atoms. The van der Waals surface area contributed by atoms with Crippen molar-refractivity contribution in [1.82, 2.24) is 10.9 Å². The van der Waals surface area contributed by atoms with Crippen molar-refractivity contribution >= 4 is 29.1 Å². The number of thiophene rings is 1. The van der Waals surface area contributed by atoms with Gasteiger partial charge in [-0.3, -0.25) is 20.4 Å². The van der Waals surface area contributed by atoms with Crippen LogP contribution < -0.4 is 16.0 Å². The van der Waals surface area contributed by atoms with Crippen LogP contribution in [0.2, 0.25) is 0 Å². The van der Waals surface area contributed by atoms with E-state index >= 15 is 0 Å². The van der Waals surface area contributed by atoms with Crippen LogP contribution in [0.15, 0.2) is 22.6 Å². The van der Waals surface area contributed by atoms with Gasteiger partial charge in [-0.1, -0.05) is 18.1 Å². The largest absolute Gasteiger partial charge is 0.550 e. The van der Waals surface area contributed by atoms with Gasteiger partial charge < -0.3 is 9.90 Å². The van der Waals surface area contributed by atoms with Crippen LogP contribution in [0.25, 0.3) is 0 Å². The fourth-order valence-electron chi connectivity index (χ4n) is 2.78. The summed E-state index contributed by atoms with van der Waals surface area (Å²) in [5.41, 5.74) is 7.16. The monoisotopic (exact) mass is 349 g/mol. The quantitative estimate of drug-likeness (QED) is 0.630. The molecule has 0 aromatic carbocycles. The Labute approximate surface area is 144 Å². The minimum Gasteiger partial charge on any atom is -0.550 e. The molecule has 1 aliphatic rings. The summed E-state index contributed by atoms with van der Waals surface area (Å²) in [6, 6.07) is 1.77. The van der Waals surface area contributed by atoms with Crippen LogP contribution in [0, 0.1) is 11.8 Å². The Morgan fingerprint density at radius 2 is 1.79 bits per heavy atom. The van der Waals surface area contributed by atoms with E-state index < -0.39 is 29.6 Å². The Morgan fingerprint density at radius 1 is 1.17 bits per heavy atom. The van der Waals surface area contributed by atoms with E-state index in [1.54, 1.807) is 11.4 Å². The number of hydrazine groups is 1. The molecule has 2 N–H and O–H groups in total. The van der Waals surface area contributed by atoms with Crippen LogP contribution in [0.3, 0.4) is 0 Å². The zero-order valence-electron chi connectivity index (χ0n) is 14.0. The summed E-state index contributed by atoms with van der Waals surface area (Å²) in [5, 5.41) is 13.0. The van der Waals surface area contributed by atoms with E-state index in [2.05, 4.69) is 10.9 Å². The van der Waals surface area contributed by atoms with Gasteiger partial charge in [-0.25, -0.2) is 0 Å². The average molecular weight is 349 g/mol. The Hall–Kier alpha value is -2.15. The number of hydrogen-bond donors (Lipinski definition) is 2. The smallest absolute Gasteiger partial charge is 0.270 e. The molecule has 0 saturated carbocycles. The average Bonchev–Trinajstić information content (AvgIpc) is 3.03. The summed E-state index contributed by atoms with van der Waals surface area (Å²) in [7, 11) is 0. The van der Waals surface area contributed by atoms with Gasteiger partial charge in [0.1, 0.15) is 0 Å². The number of nitrogens with one attached hydrogen (secondary N) is 2. The second kappa shape index (κ2) is 7.61. The standard InChI is InChI=1S/C17H22N2O4S/c1-4-12-7-11(8-24-12)15(20)18-19-16(21)13-5-9(2)10(3)6-14(13)17(22)23/h7-8,13-14H,4-6H2,1-3H3,(H,18,20)(H,19,21)(H,22,23)/p-1/t13-,14-/m0/s1. The van der Waals surface area contributed by atoms with E-state index in [-0.39, 0.29) is 0 Å². The Bertz CT molecular complexity index is 693. The van der Waals surface area contributed by atoms with Gasteiger partial charge in [-0.05, 0) is 39.2 Å². The number of carbonyl (C=O) groups is 3. The molecule has 130 valence electrons. The van der Waals surface area contributed by atoms with E-state index in [4.69, 9.17) is 0 Å². The van der Waals surface area contributed by atoms with E-state index in [1.807, 2.05) is 20.8 Å². The summed E-state index contributed by atoms with van der Waals surface area (Å²) in [6.45, 7) is 5.75. The zero-order valence-corrected chi connectivity index (χ0v) is 14.8. The number of aryl methyl sites for hydroxylation is 1. The number of rotatable bonds is 4. The third-order valence-corrected chi connectivity index (χ3v) is 5.55. The molecule has 2 rings (SSSR count). The van der Waals surface area contributed by atoms with Crippen molar-refractivity contribution in [3.63, 3.8) is 0 Å². The lowest BCUT2D eigenvalue weighted by atomic mass is 9.76. The number of carboxylic acid groups (broad SMARTS) is 1. The number of hydrogen-bond acceptors (Lipinski definition) is 5. The maximum Gasteiger partial charge on any atom is 0.270 e. The van der Waals surface area contributed by atoms with Crippen molar-refractivity contribution in [3.05, 3.63) is 33.0 Å². The first-order chi connectivity index (χ1) is 11.3. The summed E-state index contributed by atoms with van der Waals surface area (Å²) in [5.74, 6) is -3.77. The highest BCUT2D eigenvalue weighted by Gasteiger charge is 2.33. The van der Waals surface area contributed by atoms with Crippen LogP contribution in [-0.4, -0.2) is 17.8 Å². The third-order valence-electron chi connectivity index (χ3n) is 4.47. The van der Waals surface area contributed by atoms with Crippen molar-refractivity contribution in [2.24, 2.45) is 11.8 Å². The normalized spacial score (nSPS) is 20.6. The summed E-state index contributed by atoms with van der Waals surface area (Å²) >= 11 is 1.48. The summed E-state index contributed by atoms with van der Waals surface area (Å²) in [6.07, 6.45) is 1.49. The Morgan fingerprint density at radius 3 is 2.33 bits per heavy atom. The number of carbonyl (C=O) groups excluding carboxylic acids is 3. The maximum absolute atomic E-state index is 12.3. The molecule has 0 aliphatic heterocycles. The fourth-order valence-corrected chi connectivity index (χ4v) is 3.60. The van der Waals surface area contributed by atoms with Crippen molar-refractivity contribution in [1.29, 1.82) is 0 Å². The lowest BCUT2D eigenvalue weighted by molar-refractivity contribution is -0.313. The molecule has 0 unspecified atom stereocenters. The molecule has 1 aromatic rings. The molecule has 0 fully saturated rings. The van der Waals surface area contributed by atoms with Gasteiger partial charge in [-0.15, -0.1) is 11.3 Å².